The maximum atomic E-state index is 13.0. The predicted molar refractivity (Wildman–Crippen MR) is 83.1 cm³/mol. The van der Waals surface area contributed by atoms with Gasteiger partial charge >= 0.3 is 6.18 Å². The van der Waals surface area contributed by atoms with Gasteiger partial charge in [0.2, 0.25) is 0 Å². The van der Waals surface area contributed by atoms with Crippen molar-refractivity contribution in [3.63, 3.8) is 0 Å². The van der Waals surface area contributed by atoms with Crippen molar-refractivity contribution in [1.82, 2.24) is 5.43 Å². The summed E-state index contributed by atoms with van der Waals surface area (Å²) in [5, 5.41) is 0. The van der Waals surface area contributed by atoms with Crippen molar-refractivity contribution in [3.8, 4) is 0 Å². The van der Waals surface area contributed by atoms with Crippen LogP contribution in [-0.2, 0) is 6.18 Å². The van der Waals surface area contributed by atoms with Gasteiger partial charge in [-0.05, 0) is 41.8 Å². The molecule has 2 N–H and O–H groups in total. The number of halogens is 3. The topological polar surface area (TPSA) is 41.1 Å². The zero-order valence-electron chi connectivity index (χ0n) is 12.7. The van der Waals surface area contributed by atoms with Gasteiger partial charge in [0.1, 0.15) is 0 Å². The Kier molecular flexibility index (Phi) is 4.93. The lowest BCUT2D eigenvalue weighted by molar-refractivity contribution is -0.137. The highest BCUT2D eigenvalue weighted by Crippen LogP contribution is 2.32. The predicted octanol–water partition coefficient (Wildman–Crippen LogP) is 4.59. The van der Waals surface area contributed by atoms with Crippen LogP contribution in [0.4, 0.5) is 18.9 Å². The first kappa shape index (κ1) is 16.9. The summed E-state index contributed by atoms with van der Waals surface area (Å²) in [7, 11) is 0. The summed E-state index contributed by atoms with van der Waals surface area (Å²) in [6.07, 6.45) is -4.49. The Labute approximate surface area is 132 Å². The Bertz CT molecular complexity index is 682. The highest BCUT2D eigenvalue weighted by molar-refractivity contribution is 5.95. The second kappa shape index (κ2) is 6.73. The Hall–Kier alpha value is -2.50. The molecule has 2 aromatic rings. The lowest BCUT2D eigenvalue weighted by Crippen LogP contribution is -2.29. The molecular formula is C17H17F3N2O. The summed E-state index contributed by atoms with van der Waals surface area (Å²) in [5.41, 5.74) is 5.31. The van der Waals surface area contributed by atoms with Crippen molar-refractivity contribution in [2.45, 2.75) is 25.9 Å². The largest absolute Gasteiger partial charge is 0.416 e. The normalized spacial score (nSPS) is 11.4. The number of carbonyl (C=O) groups is 1. The lowest BCUT2D eigenvalue weighted by Gasteiger charge is -2.14. The molecule has 0 atom stereocenters. The second-order valence-corrected chi connectivity index (χ2v) is 5.44. The number of carbonyl (C=O) groups excluding carboxylic acids is 1. The van der Waals surface area contributed by atoms with Gasteiger partial charge in [0.25, 0.3) is 5.91 Å². The van der Waals surface area contributed by atoms with E-state index in [1.54, 1.807) is 38.1 Å². The van der Waals surface area contributed by atoms with Gasteiger partial charge in [0.05, 0.1) is 11.3 Å². The third-order valence-corrected chi connectivity index (χ3v) is 3.31. The highest BCUT2D eigenvalue weighted by atomic mass is 19.4. The molecule has 0 aromatic heterocycles. The Morgan fingerprint density at radius 2 is 1.70 bits per heavy atom. The molecule has 122 valence electrons. The van der Waals surface area contributed by atoms with E-state index in [1.165, 1.54) is 6.07 Å². The van der Waals surface area contributed by atoms with E-state index in [-0.39, 0.29) is 11.5 Å². The molecule has 0 aliphatic heterocycles. The molecule has 0 aliphatic rings. The van der Waals surface area contributed by atoms with E-state index < -0.39 is 17.6 Å². The zero-order valence-corrected chi connectivity index (χ0v) is 12.7. The van der Waals surface area contributed by atoms with Crippen LogP contribution in [0, 0.1) is 0 Å². The number of hydrazine groups is 1. The van der Waals surface area contributed by atoms with Gasteiger partial charge in [-0.1, -0.05) is 32.0 Å². The summed E-state index contributed by atoms with van der Waals surface area (Å²) < 4.78 is 38.9. The Balaban J connectivity index is 2.23. The number of nitrogens with one attached hydrogen (secondary N) is 2. The van der Waals surface area contributed by atoms with Crippen LogP contribution in [0.2, 0.25) is 0 Å². The molecule has 0 fully saturated rings. The van der Waals surface area contributed by atoms with E-state index in [4.69, 9.17) is 0 Å². The van der Waals surface area contributed by atoms with Crippen LogP contribution < -0.4 is 10.9 Å². The number of benzene rings is 2. The molecule has 1 amide bonds. The molecule has 0 radical (unpaired) electrons. The zero-order chi connectivity index (χ0) is 17.0. The van der Waals surface area contributed by atoms with Gasteiger partial charge in [-0.25, -0.2) is 0 Å². The number of hydrogen-bond donors (Lipinski definition) is 2. The third-order valence-electron chi connectivity index (χ3n) is 3.31. The van der Waals surface area contributed by atoms with Gasteiger partial charge < -0.3 is 0 Å². The van der Waals surface area contributed by atoms with E-state index in [0.29, 0.717) is 11.3 Å². The average Bonchev–Trinajstić information content (AvgIpc) is 2.52. The molecule has 0 saturated carbocycles. The van der Waals surface area contributed by atoms with Crippen molar-refractivity contribution >= 4 is 11.6 Å². The molecule has 0 bridgehead atoms. The number of hydrogen-bond acceptors (Lipinski definition) is 2. The Morgan fingerprint density at radius 3 is 2.26 bits per heavy atom. The van der Waals surface area contributed by atoms with Crippen LogP contribution >= 0.6 is 0 Å². The molecule has 23 heavy (non-hydrogen) atoms. The number of para-hydroxylation sites is 1. The van der Waals surface area contributed by atoms with Gasteiger partial charge in [0, 0.05) is 5.56 Å². The molecule has 2 aromatic carbocycles. The summed E-state index contributed by atoms with van der Waals surface area (Å²) in [4.78, 5) is 12.1. The molecule has 0 aliphatic carbocycles. The van der Waals surface area contributed by atoms with E-state index in [0.717, 1.165) is 12.1 Å². The molecule has 0 unspecified atom stereocenters. The summed E-state index contributed by atoms with van der Waals surface area (Å²) >= 11 is 0. The van der Waals surface area contributed by atoms with E-state index in [1.807, 2.05) is 6.07 Å². The third kappa shape index (κ3) is 4.48. The van der Waals surface area contributed by atoms with E-state index in [9.17, 15) is 18.0 Å². The first-order valence-corrected chi connectivity index (χ1v) is 7.11. The monoisotopic (exact) mass is 322 g/mol. The van der Waals surface area contributed by atoms with Gasteiger partial charge in [-0.3, -0.25) is 15.6 Å². The fourth-order valence-electron chi connectivity index (χ4n) is 2.00. The average molecular weight is 322 g/mol. The van der Waals surface area contributed by atoms with Crippen LogP contribution in [0.15, 0.2) is 48.5 Å². The van der Waals surface area contributed by atoms with Crippen LogP contribution in [0.1, 0.15) is 41.3 Å². The molecule has 0 heterocycles. The van der Waals surface area contributed by atoms with Gasteiger partial charge in [-0.2, -0.15) is 13.2 Å². The molecule has 3 nitrogen and oxygen atoms in total. The minimum atomic E-state index is -4.49. The lowest BCUT2D eigenvalue weighted by atomic mass is 9.97. The number of rotatable bonds is 4. The van der Waals surface area contributed by atoms with Crippen molar-refractivity contribution in [3.05, 3.63) is 65.2 Å². The van der Waals surface area contributed by atoms with Crippen LogP contribution in [0.3, 0.4) is 0 Å². The number of anilines is 1. The number of amides is 1. The smallest absolute Gasteiger partial charge is 0.298 e. The van der Waals surface area contributed by atoms with Crippen LogP contribution in [-0.4, -0.2) is 5.91 Å². The van der Waals surface area contributed by atoms with Gasteiger partial charge in [-0.15, -0.1) is 0 Å². The Morgan fingerprint density at radius 1 is 1.04 bits per heavy atom. The van der Waals surface area contributed by atoms with Crippen molar-refractivity contribution in [2.24, 2.45) is 0 Å². The van der Waals surface area contributed by atoms with Crippen LogP contribution in [0.5, 0.6) is 0 Å². The van der Waals surface area contributed by atoms with Crippen molar-refractivity contribution < 1.29 is 18.0 Å². The summed E-state index contributed by atoms with van der Waals surface area (Å²) in [6.45, 7) is 3.55. The quantitative estimate of drug-likeness (QED) is 0.809. The summed E-state index contributed by atoms with van der Waals surface area (Å²) in [5.74, 6) is -0.743. The maximum absolute atomic E-state index is 13.0. The first-order valence-electron chi connectivity index (χ1n) is 7.11. The van der Waals surface area contributed by atoms with E-state index >= 15 is 0 Å². The minimum Gasteiger partial charge on any atom is -0.298 e. The molecular weight excluding hydrogens is 305 g/mol. The minimum absolute atomic E-state index is 0.0352. The molecule has 2 rings (SSSR count). The SMILES string of the molecule is CC(C)c1cc(C(=O)NNc2ccccc2)cc(C(F)(F)F)c1. The molecule has 0 saturated heterocycles. The first-order chi connectivity index (χ1) is 10.8. The molecule has 6 heteroatoms. The van der Waals surface area contributed by atoms with Crippen molar-refractivity contribution in [1.29, 1.82) is 0 Å². The number of alkyl halides is 3. The van der Waals surface area contributed by atoms with E-state index in [2.05, 4.69) is 10.9 Å². The van der Waals surface area contributed by atoms with Gasteiger partial charge in [0.15, 0.2) is 0 Å². The standard InChI is InChI=1S/C17H17F3N2O/c1-11(2)12-8-13(10-14(9-12)17(18,19)20)16(23)22-21-15-6-4-3-5-7-15/h3-11,21H,1-2H3,(H,22,23). The fraction of sp³-hybridized carbons (Fsp3) is 0.235. The second-order valence-electron chi connectivity index (χ2n) is 5.44. The highest BCUT2D eigenvalue weighted by Gasteiger charge is 2.32. The fourth-order valence-corrected chi connectivity index (χ4v) is 2.00. The van der Waals surface area contributed by atoms with Crippen molar-refractivity contribution in [2.75, 3.05) is 5.43 Å². The van der Waals surface area contributed by atoms with Crippen LogP contribution in [0.25, 0.3) is 0 Å². The maximum Gasteiger partial charge on any atom is 0.416 e. The molecule has 0 spiro atoms. The summed E-state index contributed by atoms with van der Waals surface area (Å²) in [6, 6.07) is 12.2.